The maximum atomic E-state index is 12.7. The van der Waals surface area contributed by atoms with Crippen molar-refractivity contribution >= 4 is 11.9 Å². The predicted octanol–water partition coefficient (Wildman–Crippen LogP) is 3.54. The van der Waals surface area contributed by atoms with Crippen molar-refractivity contribution in [1.82, 2.24) is 9.55 Å². The average molecular weight is 372 g/mol. The number of aromatic hydroxyl groups is 1. The van der Waals surface area contributed by atoms with Crippen molar-refractivity contribution < 1.29 is 5.11 Å². The number of hydrogen-bond acceptors (Lipinski definition) is 5. The monoisotopic (exact) mass is 372 g/mol. The number of hydrogen-bond donors (Lipinski definition) is 1. The summed E-state index contributed by atoms with van der Waals surface area (Å²) in [5.41, 5.74) is 3.74. The molecule has 2 aromatic heterocycles. The van der Waals surface area contributed by atoms with Crippen LogP contribution in [0.25, 0.3) is 0 Å². The molecule has 140 valence electrons. The lowest BCUT2D eigenvalue weighted by Gasteiger charge is -2.14. The van der Waals surface area contributed by atoms with Crippen molar-refractivity contribution in [2.75, 3.05) is 0 Å². The second-order valence-electron chi connectivity index (χ2n) is 6.60. The van der Waals surface area contributed by atoms with E-state index in [9.17, 15) is 15.2 Å². The molecule has 0 unspecified atom stereocenters. The summed E-state index contributed by atoms with van der Waals surface area (Å²) in [7, 11) is 0. The summed E-state index contributed by atoms with van der Waals surface area (Å²) < 4.78 is 1.18. The third kappa shape index (κ3) is 3.55. The van der Waals surface area contributed by atoms with Crippen molar-refractivity contribution in [2.24, 2.45) is 4.99 Å². The minimum absolute atomic E-state index is 0.00959. The van der Waals surface area contributed by atoms with Gasteiger partial charge in [-0.15, -0.1) is 0 Å². The molecule has 6 nitrogen and oxygen atoms in total. The van der Waals surface area contributed by atoms with Crippen molar-refractivity contribution in [1.29, 1.82) is 5.26 Å². The highest BCUT2D eigenvalue weighted by atomic mass is 16.3. The van der Waals surface area contributed by atoms with Crippen LogP contribution in [0.2, 0.25) is 0 Å². The van der Waals surface area contributed by atoms with Crippen LogP contribution in [-0.4, -0.2) is 20.9 Å². The van der Waals surface area contributed by atoms with E-state index < -0.39 is 5.56 Å². The first-order chi connectivity index (χ1) is 13.4. The summed E-state index contributed by atoms with van der Waals surface area (Å²) in [5, 5.41) is 20.3. The molecule has 0 radical (unpaired) electrons. The fourth-order valence-electron chi connectivity index (χ4n) is 3.08. The molecule has 3 rings (SSSR count). The van der Waals surface area contributed by atoms with Crippen LogP contribution in [0.15, 0.2) is 52.5 Å². The van der Waals surface area contributed by atoms with E-state index in [-0.39, 0.29) is 18.0 Å². The van der Waals surface area contributed by atoms with E-state index >= 15 is 0 Å². The fraction of sp³-hybridized carbons (Fsp3) is 0.182. The van der Waals surface area contributed by atoms with Crippen molar-refractivity contribution in [3.05, 3.63) is 86.5 Å². The first-order valence-electron chi connectivity index (χ1n) is 8.79. The van der Waals surface area contributed by atoms with Gasteiger partial charge in [0.1, 0.15) is 11.6 Å². The number of pyridine rings is 2. The highest BCUT2D eigenvalue weighted by molar-refractivity contribution is 5.88. The molecule has 0 spiro atoms. The van der Waals surface area contributed by atoms with E-state index in [1.807, 2.05) is 38.1 Å². The Labute approximate surface area is 163 Å². The zero-order chi connectivity index (χ0) is 20.3. The van der Waals surface area contributed by atoms with E-state index in [4.69, 9.17) is 0 Å². The van der Waals surface area contributed by atoms with Gasteiger partial charge in [0.05, 0.1) is 17.8 Å². The topological polar surface area (TPSA) is 91.3 Å². The molecule has 0 aliphatic carbocycles. The standard InChI is InChI=1S/C22H20N4O2/c1-14-6-4-7-15(2)20(14)25-12-19-16(3)18(10-23)21(27)26(22(19)28)13-17-8-5-9-24-11-17/h4-9,11-12,28H,13H2,1-3H3. The number of aryl methyl sites for hydroxylation is 2. The molecular formula is C22H20N4O2. The Hall–Kier alpha value is -3.72. The van der Waals surface area contributed by atoms with Crippen LogP contribution in [0.3, 0.4) is 0 Å². The maximum absolute atomic E-state index is 12.7. The summed E-state index contributed by atoms with van der Waals surface area (Å²) in [4.78, 5) is 21.3. The zero-order valence-electron chi connectivity index (χ0n) is 16.0. The second kappa shape index (κ2) is 7.89. The molecule has 1 aromatic carbocycles. The van der Waals surface area contributed by atoms with Crippen LogP contribution in [0, 0.1) is 32.1 Å². The predicted molar refractivity (Wildman–Crippen MR) is 108 cm³/mol. The summed E-state index contributed by atoms with van der Waals surface area (Å²) in [6.45, 7) is 5.66. The zero-order valence-corrected chi connectivity index (χ0v) is 16.0. The van der Waals surface area contributed by atoms with Gasteiger partial charge in [0.25, 0.3) is 5.56 Å². The maximum Gasteiger partial charge on any atom is 0.271 e. The Morgan fingerprint density at radius 2 is 1.93 bits per heavy atom. The van der Waals surface area contributed by atoms with Crippen LogP contribution in [0.5, 0.6) is 5.88 Å². The largest absolute Gasteiger partial charge is 0.494 e. The van der Waals surface area contributed by atoms with Gasteiger partial charge in [0.2, 0.25) is 5.88 Å². The third-order valence-corrected chi connectivity index (χ3v) is 4.67. The Morgan fingerprint density at radius 3 is 2.54 bits per heavy atom. The molecular weight excluding hydrogens is 352 g/mol. The summed E-state index contributed by atoms with van der Waals surface area (Å²) in [6.07, 6.45) is 4.76. The van der Waals surface area contributed by atoms with Crippen molar-refractivity contribution in [3.63, 3.8) is 0 Å². The van der Waals surface area contributed by atoms with Gasteiger partial charge < -0.3 is 5.11 Å². The lowest BCUT2D eigenvalue weighted by molar-refractivity contribution is 0.413. The molecule has 0 saturated carbocycles. The van der Waals surface area contributed by atoms with Gasteiger partial charge in [0, 0.05) is 18.6 Å². The summed E-state index contributed by atoms with van der Waals surface area (Å²) in [6, 6.07) is 11.4. The van der Waals surface area contributed by atoms with Crippen LogP contribution in [0.1, 0.15) is 33.4 Å². The molecule has 0 aliphatic heterocycles. The van der Waals surface area contributed by atoms with Gasteiger partial charge in [-0.05, 0) is 49.1 Å². The van der Waals surface area contributed by atoms with Crippen LogP contribution in [-0.2, 0) is 6.54 Å². The number of aliphatic imine (C=N–C) groups is 1. The summed E-state index contributed by atoms with van der Waals surface area (Å²) >= 11 is 0. The molecule has 0 amide bonds. The van der Waals surface area contributed by atoms with Crippen LogP contribution < -0.4 is 5.56 Å². The number of nitrogens with zero attached hydrogens (tertiary/aromatic N) is 4. The van der Waals surface area contributed by atoms with E-state index in [2.05, 4.69) is 9.98 Å². The van der Waals surface area contributed by atoms with Gasteiger partial charge in [-0.1, -0.05) is 24.3 Å². The quantitative estimate of drug-likeness (QED) is 0.709. The molecule has 0 atom stereocenters. The summed E-state index contributed by atoms with van der Waals surface area (Å²) in [5.74, 6) is -0.222. The smallest absolute Gasteiger partial charge is 0.271 e. The molecule has 0 saturated heterocycles. The Kier molecular flexibility index (Phi) is 5.37. The molecule has 3 aromatic rings. The average Bonchev–Trinajstić information content (AvgIpc) is 2.68. The number of rotatable bonds is 4. The molecule has 0 fully saturated rings. The van der Waals surface area contributed by atoms with E-state index in [0.29, 0.717) is 11.1 Å². The van der Waals surface area contributed by atoms with E-state index in [1.165, 1.54) is 10.8 Å². The van der Waals surface area contributed by atoms with Gasteiger partial charge >= 0.3 is 0 Å². The van der Waals surface area contributed by atoms with Crippen molar-refractivity contribution in [2.45, 2.75) is 27.3 Å². The molecule has 0 bridgehead atoms. The van der Waals surface area contributed by atoms with Gasteiger partial charge in [-0.3, -0.25) is 19.3 Å². The Bertz CT molecular complexity index is 1140. The van der Waals surface area contributed by atoms with E-state index in [1.54, 1.807) is 31.5 Å². The minimum atomic E-state index is -0.537. The SMILES string of the molecule is Cc1cccc(C)c1N=Cc1c(C)c(C#N)c(=O)n(Cc2cccnc2)c1O. The highest BCUT2D eigenvalue weighted by Crippen LogP contribution is 2.25. The molecule has 6 heteroatoms. The number of aromatic nitrogens is 2. The Morgan fingerprint density at radius 1 is 1.21 bits per heavy atom. The van der Waals surface area contributed by atoms with Gasteiger partial charge in [-0.25, -0.2) is 0 Å². The molecule has 2 heterocycles. The van der Waals surface area contributed by atoms with Crippen LogP contribution >= 0.6 is 0 Å². The highest BCUT2D eigenvalue weighted by Gasteiger charge is 2.18. The third-order valence-electron chi connectivity index (χ3n) is 4.67. The van der Waals surface area contributed by atoms with Crippen molar-refractivity contribution in [3.8, 4) is 11.9 Å². The molecule has 28 heavy (non-hydrogen) atoms. The first-order valence-corrected chi connectivity index (χ1v) is 8.79. The lowest BCUT2D eigenvalue weighted by Crippen LogP contribution is -2.26. The number of benzene rings is 1. The van der Waals surface area contributed by atoms with Gasteiger partial charge in [0.15, 0.2) is 0 Å². The minimum Gasteiger partial charge on any atom is -0.494 e. The van der Waals surface area contributed by atoms with Gasteiger partial charge in [-0.2, -0.15) is 5.26 Å². The second-order valence-corrected chi connectivity index (χ2v) is 6.60. The number of nitriles is 1. The fourth-order valence-corrected chi connectivity index (χ4v) is 3.08. The number of para-hydroxylation sites is 1. The normalized spacial score (nSPS) is 10.9. The first kappa shape index (κ1) is 19.1. The molecule has 1 N–H and O–H groups in total. The van der Waals surface area contributed by atoms with Crippen LogP contribution in [0.4, 0.5) is 5.69 Å². The van der Waals surface area contributed by atoms with E-state index in [0.717, 1.165) is 22.4 Å². The Balaban J connectivity index is 2.16. The molecule has 0 aliphatic rings. The lowest BCUT2D eigenvalue weighted by atomic mass is 10.1.